The van der Waals surface area contributed by atoms with Crippen LogP contribution in [0.2, 0.25) is 0 Å². The van der Waals surface area contributed by atoms with Gasteiger partial charge in [-0.05, 0) is 48.9 Å². The van der Waals surface area contributed by atoms with E-state index in [0.29, 0.717) is 5.92 Å². The predicted molar refractivity (Wildman–Crippen MR) is 84.4 cm³/mol. The fourth-order valence-electron chi connectivity index (χ4n) is 2.33. The number of anilines is 1. The SMILES string of the molecule is CCc1cc(Br)ccc1NC(=O)NC(CC(=O)O)C1CC1. The van der Waals surface area contributed by atoms with Crippen LogP contribution >= 0.6 is 15.9 Å². The van der Waals surface area contributed by atoms with Gasteiger partial charge in [0, 0.05) is 16.2 Å². The topological polar surface area (TPSA) is 78.4 Å². The normalized spacial score (nSPS) is 15.3. The van der Waals surface area contributed by atoms with Crippen LogP contribution in [0.3, 0.4) is 0 Å². The Morgan fingerprint density at radius 1 is 1.43 bits per heavy atom. The van der Waals surface area contributed by atoms with Crippen LogP contribution in [-0.4, -0.2) is 23.1 Å². The van der Waals surface area contributed by atoms with Crippen molar-refractivity contribution in [1.29, 1.82) is 0 Å². The highest BCUT2D eigenvalue weighted by Crippen LogP contribution is 2.34. The first kappa shape index (κ1) is 15.8. The van der Waals surface area contributed by atoms with Crippen LogP contribution in [0.15, 0.2) is 22.7 Å². The number of rotatable bonds is 6. The maximum absolute atomic E-state index is 12.1. The molecule has 2 amide bonds. The number of amides is 2. The number of aliphatic carboxylic acids is 1. The first-order valence-electron chi connectivity index (χ1n) is 7.07. The average molecular weight is 355 g/mol. The predicted octanol–water partition coefficient (Wildman–Crippen LogP) is 3.39. The number of halogens is 1. The molecule has 0 bridgehead atoms. The number of carbonyl (C=O) groups is 2. The standard InChI is InChI=1S/C15H19BrN2O3/c1-2-9-7-11(16)5-6-12(9)17-15(21)18-13(8-14(19)20)10-3-4-10/h5-7,10,13H,2-4,8H2,1H3,(H,19,20)(H2,17,18,21). The fourth-order valence-corrected chi connectivity index (χ4v) is 2.73. The van der Waals surface area contributed by atoms with Crippen LogP contribution in [0.25, 0.3) is 0 Å². The molecule has 1 aromatic carbocycles. The molecule has 0 saturated heterocycles. The number of carboxylic acid groups (broad SMARTS) is 1. The molecule has 1 fully saturated rings. The van der Waals surface area contributed by atoms with E-state index in [1.54, 1.807) is 0 Å². The summed E-state index contributed by atoms with van der Waals surface area (Å²) >= 11 is 3.40. The van der Waals surface area contributed by atoms with Gasteiger partial charge in [0.2, 0.25) is 0 Å². The van der Waals surface area contributed by atoms with E-state index in [9.17, 15) is 9.59 Å². The van der Waals surface area contributed by atoms with Crippen LogP contribution < -0.4 is 10.6 Å². The first-order chi connectivity index (χ1) is 9.99. The van der Waals surface area contributed by atoms with Crippen LogP contribution in [0.5, 0.6) is 0 Å². The van der Waals surface area contributed by atoms with Crippen molar-refractivity contribution in [1.82, 2.24) is 5.32 Å². The highest BCUT2D eigenvalue weighted by molar-refractivity contribution is 9.10. The van der Waals surface area contributed by atoms with Crippen molar-refractivity contribution < 1.29 is 14.7 Å². The number of urea groups is 1. The zero-order valence-electron chi connectivity index (χ0n) is 11.9. The highest BCUT2D eigenvalue weighted by atomic mass is 79.9. The Hall–Kier alpha value is -1.56. The maximum atomic E-state index is 12.1. The zero-order chi connectivity index (χ0) is 15.4. The molecular formula is C15H19BrN2O3. The molecule has 0 heterocycles. The van der Waals surface area contributed by atoms with Crippen LogP contribution in [0, 0.1) is 5.92 Å². The van der Waals surface area contributed by atoms with Gasteiger partial charge in [0.1, 0.15) is 0 Å². The van der Waals surface area contributed by atoms with E-state index in [-0.39, 0.29) is 18.5 Å². The van der Waals surface area contributed by atoms with Crippen LogP contribution in [-0.2, 0) is 11.2 Å². The number of hydrogen-bond acceptors (Lipinski definition) is 2. The first-order valence-corrected chi connectivity index (χ1v) is 7.86. The summed E-state index contributed by atoms with van der Waals surface area (Å²) < 4.78 is 0.965. The number of hydrogen-bond donors (Lipinski definition) is 3. The second-order valence-electron chi connectivity index (χ2n) is 5.30. The summed E-state index contributed by atoms with van der Waals surface area (Å²) in [6, 6.07) is 5.04. The van der Waals surface area contributed by atoms with E-state index in [2.05, 4.69) is 26.6 Å². The van der Waals surface area contributed by atoms with Gasteiger partial charge in [-0.25, -0.2) is 4.79 Å². The van der Waals surface area contributed by atoms with Gasteiger partial charge in [0.05, 0.1) is 6.42 Å². The molecule has 114 valence electrons. The van der Waals surface area contributed by atoms with E-state index < -0.39 is 5.97 Å². The molecule has 1 saturated carbocycles. The molecule has 1 aliphatic rings. The third-order valence-corrected chi connectivity index (χ3v) is 4.09. The summed E-state index contributed by atoms with van der Waals surface area (Å²) in [4.78, 5) is 22.9. The van der Waals surface area contributed by atoms with Gasteiger partial charge in [-0.1, -0.05) is 22.9 Å². The van der Waals surface area contributed by atoms with Gasteiger partial charge in [0.15, 0.2) is 0 Å². The Kier molecular flexibility index (Phi) is 5.22. The van der Waals surface area contributed by atoms with Crippen molar-refractivity contribution in [2.75, 3.05) is 5.32 Å². The van der Waals surface area contributed by atoms with Gasteiger partial charge in [-0.3, -0.25) is 4.79 Å². The summed E-state index contributed by atoms with van der Waals surface area (Å²) in [5.74, 6) is -0.590. The Labute approximate surface area is 132 Å². The number of benzene rings is 1. The van der Waals surface area contributed by atoms with E-state index >= 15 is 0 Å². The zero-order valence-corrected chi connectivity index (χ0v) is 13.4. The molecular weight excluding hydrogens is 336 g/mol. The Balaban J connectivity index is 1.98. The molecule has 21 heavy (non-hydrogen) atoms. The van der Waals surface area contributed by atoms with E-state index in [4.69, 9.17) is 5.11 Å². The van der Waals surface area contributed by atoms with Gasteiger partial charge >= 0.3 is 12.0 Å². The summed E-state index contributed by atoms with van der Waals surface area (Å²) in [6.45, 7) is 2.02. The monoisotopic (exact) mass is 354 g/mol. The lowest BCUT2D eigenvalue weighted by Crippen LogP contribution is -2.40. The third kappa shape index (κ3) is 4.74. The molecule has 3 N–H and O–H groups in total. The number of aryl methyl sites for hydroxylation is 1. The second-order valence-corrected chi connectivity index (χ2v) is 6.21. The molecule has 0 aliphatic heterocycles. The molecule has 6 heteroatoms. The molecule has 0 radical (unpaired) electrons. The van der Waals surface area contributed by atoms with Crippen molar-refractivity contribution in [3.8, 4) is 0 Å². The van der Waals surface area contributed by atoms with Gasteiger partial charge in [0.25, 0.3) is 0 Å². The van der Waals surface area contributed by atoms with E-state index in [0.717, 1.165) is 35.0 Å². The molecule has 2 rings (SSSR count). The number of nitrogens with one attached hydrogen (secondary N) is 2. The minimum absolute atomic E-state index is 0.0287. The lowest BCUT2D eigenvalue weighted by molar-refractivity contribution is -0.137. The molecule has 5 nitrogen and oxygen atoms in total. The summed E-state index contributed by atoms with van der Waals surface area (Å²) in [7, 11) is 0. The van der Waals surface area contributed by atoms with Crippen molar-refractivity contribution >= 4 is 33.6 Å². The fraction of sp³-hybridized carbons (Fsp3) is 0.467. The maximum Gasteiger partial charge on any atom is 0.319 e. The molecule has 1 unspecified atom stereocenters. The summed E-state index contributed by atoms with van der Waals surface area (Å²) in [5.41, 5.74) is 1.78. The quantitative estimate of drug-likeness (QED) is 0.732. The molecule has 0 spiro atoms. The lowest BCUT2D eigenvalue weighted by atomic mass is 10.1. The minimum Gasteiger partial charge on any atom is -0.481 e. The number of carbonyl (C=O) groups excluding carboxylic acids is 1. The lowest BCUT2D eigenvalue weighted by Gasteiger charge is -2.18. The second kappa shape index (κ2) is 6.93. The molecule has 0 aromatic heterocycles. The van der Waals surface area contributed by atoms with Crippen molar-refractivity contribution in [2.45, 2.75) is 38.6 Å². The Bertz CT molecular complexity index is 544. The summed E-state index contributed by atoms with van der Waals surface area (Å²) in [6.07, 6.45) is 2.74. The molecule has 1 aromatic rings. The average Bonchev–Trinajstić information content (AvgIpc) is 3.24. The van der Waals surface area contributed by atoms with Crippen LogP contribution in [0.4, 0.5) is 10.5 Å². The van der Waals surface area contributed by atoms with Gasteiger partial charge in [-0.15, -0.1) is 0 Å². The third-order valence-electron chi connectivity index (χ3n) is 3.60. The largest absolute Gasteiger partial charge is 0.481 e. The molecule has 1 aliphatic carbocycles. The Morgan fingerprint density at radius 3 is 2.71 bits per heavy atom. The van der Waals surface area contributed by atoms with Crippen molar-refractivity contribution in [2.24, 2.45) is 5.92 Å². The van der Waals surface area contributed by atoms with E-state index in [1.165, 1.54) is 0 Å². The van der Waals surface area contributed by atoms with Crippen molar-refractivity contribution in [3.63, 3.8) is 0 Å². The van der Waals surface area contributed by atoms with Crippen molar-refractivity contribution in [3.05, 3.63) is 28.2 Å². The highest BCUT2D eigenvalue weighted by Gasteiger charge is 2.33. The van der Waals surface area contributed by atoms with Gasteiger partial charge < -0.3 is 15.7 Å². The summed E-state index contributed by atoms with van der Waals surface area (Å²) in [5, 5.41) is 14.5. The van der Waals surface area contributed by atoms with E-state index in [1.807, 2.05) is 25.1 Å². The minimum atomic E-state index is -0.884. The van der Waals surface area contributed by atoms with Gasteiger partial charge in [-0.2, -0.15) is 0 Å². The molecule has 1 atom stereocenters. The van der Waals surface area contributed by atoms with Crippen LogP contribution in [0.1, 0.15) is 31.7 Å². The number of carboxylic acids is 1. The Morgan fingerprint density at radius 2 is 2.14 bits per heavy atom. The smallest absolute Gasteiger partial charge is 0.319 e.